The molecule has 3 aromatic rings. The summed E-state index contributed by atoms with van der Waals surface area (Å²) in [5.41, 5.74) is 7.70. The summed E-state index contributed by atoms with van der Waals surface area (Å²) in [6.07, 6.45) is 9.36. The average molecular weight is 434 g/mol. The Balaban J connectivity index is 1.42. The number of rotatable bonds is 4. The fourth-order valence-corrected chi connectivity index (χ4v) is 4.54. The van der Waals surface area contributed by atoms with Gasteiger partial charge in [-0.2, -0.15) is 5.10 Å². The van der Waals surface area contributed by atoms with E-state index in [2.05, 4.69) is 45.5 Å². The van der Waals surface area contributed by atoms with Crippen LogP contribution in [0.3, 0.4) is 0 Å². The number of carbonyl (C=O) groups is 2. The van der Waals surface area contributed by atoms with Crippen molar-refractivity contribution in [2.45, 2.75) is 52.0 Å². The Morgan fingerprint density at radius 3 is 2.56 bits per heavy atom. The van der Waals surface area contributed by atoms with Crippen molar-refractivity contribution in [3.8, 4) is 0 Å². The molecular formula is C24H27N5O3. The van der Waals surface area contributed by atoms with Gasteiger partial charge in [-0.25, -0.2) is 5.10 Å². The number of aromatic nitrogens is 3. The standard InChI is InChI=1S/C24H27N5O3/c1-15-14-17(16(2)29(15)18-8-4-3-5-9-18)12-13-21(30)25-28-24(32)22-19-10-6-7-11-20(19)23(31)27-26-22/h6-7,10-14,18H,3-5,8-9H2,1-2H3,(H,25,30)(H,27,31)(H,28,32)/b13-12+. The van der Waals surface area contributed by atoms with Gasteiger partial charge < -0.3 is 4.57 Å². The number of nitrogens with zero attached hydrogens (tertiary/aromatic N) is 2. The lowest BCUT2D eigenvalue weighted by molar-refractivity contribution is -0.117. The molecular weight excluding hydrogens is 406 g/mol. The van der Waals surface area contributed by atoms with Gasteiger partial charge in [0.05, 0.1) is 5.39 Å². The highest BCUT2D eigenvalue weighted by atomic mass is 16.2. The van der Waals surface area contributed by atoms with E-state index in [4.69, 9.17) is 0 Å². The van der Waals surface area contributed by atoms with Crippen LogP contribution in [0.15, 0.2) is 41.2 Å². The normalized spacial score (nSPS) is 14.7. The van der Waals surface area contributed by atoms with Crippen LogP contribution in [0.4, 0.5) is 0 Å². The van der Waals surface area contributed by atoms with E-state index in [0.717, 1.165) is 11.3 Å². The smallest absolute Gasteiger partial charge is 0.290 e. The van der Waals surface area contributed by atoms with Crippen molar-refractivity contribution in [3.05, 3.63) is 69.4 Å². The van der Waals surface area contributed by atoms with E-state index in [1.807, 2.05) is 0 Å². The average Bonchev–Trinajstić information content (AvgIpc) is 3.10. The highest BCUT2D eigenvalue weighted by molar-refractivity contribution is 6.05. The number of aryl methyl sites for hydroxylation is 1. The van der Waals surface area contributed by atoms with Crippen molar-refractivity contribution in [3.63, 3.8) is 0 Å². The number of H-pyrrole nitrogens is 1. The SMILES string of the molecule is Cc1cc(/C=C/C(=O)NNC(=O)c2n[nH]c(=O)c3ccccc23)c(C)n1C1CCCCC1. The van der Waals surface area contributed by atoms with Gasteiger partial charge in [0.2, 0.25) is 0 Å². The molecule has 1 fully saturated rings. The van der Waals surface area contributed by atoms with Gasteiger partial charge in [0.25, 0.3) is 17.4 Å². The molecule has 0 saturated heterocycles. The third kappa shape index (κ3) is 4.34. The Hall–Kier alpha value is -3.68. The van der Waals surface area contributed by atoms with Crippen LogP contribution in [0.2, 0.25) is 0 Å². The number of hydrogen-bond acceptors (Lipinski definition) is 4. The van der Waals surface area contributed by atoms with Crippen LogP contribution >= 0.6 is 0 Å². The Kier molecular flexibility index (Phi) is 6.20. The maximum Gasteiger partial charge on any atom is 0.290 e. The number of carbonyl (C=O) groups excluding carboxylic acids is 2. The van der Waals surface area contributed by atoms with Gasteiger partial charge in [0.1, 0.15) is 0 Å². The Labute approximate surface area is 185 Å². The van der Waals surface area contributed by atoms with E-state index in [1.54, 1.807) is 30.3 Å². The highest BCUT2D eigenvalue weighted by Gasteiger charge is 2.19. The second kappa shape index (κ2) is 9.21. The minimum atomic E-state index is -0.616. The topological polar surface area (TPSA) is 109 Å². The summed E-state index contributed by atoms with van der Waals surface area (Å²) >= 11 is 0. The number of hydrazine groups is 1. The first-order valence-electron chi connectivity index (χ1n) is 10.9. The molecule has 8 nitrogen and oxygen atoms in total. The molecule has 2 heterocycles. The van der Waals surface area contributed by atoms with E-state index < -0.39 is 11.8 Å². The Morgan fingerprint density at radius 1 is 1.09 bits per heavy atom. The number of fused-ring (bicyclic) bond motifs is 1. The molecule has 8 heteroatoms. The zero-order chi connectivity index (χ0) is 22.7. The summed E-state index contributed by atoms with van der Waals surface area (Å²) in [5.74, 6) is -1.08. The fraction of sp³-hybridized carbons (Fsp3) is 0.333. The first-order chi connectivity index (χ1) is 15.5. The zero-order valence-electron chi connectivity index (χ0n) is 18.3. The maximum absolute atomic E-state index is 12.5. The summed E-state index contributed by atoms with van der Waals surface area (Å²) in [7, 11) is 0. The van der Waals surface area contributed by atoms with Gasteiger partial charge in [-0.05, 0) is 50.5 Å². The summed E-state index contributed by atoms with van der Waals surface area (Å²) in [5, 5.41) is 6.89. The predicted octanol–water partition coefficient (Wildman–Crippen LogP) is 3.32. The third-order valence-electron chi connectivity index (χ3n) is 6.09. The number of hydrogen-bond donors (Lipinski definition) is 3. The van der Waals surface area contributed by atoms with Crippen LogP contribution in [-0.4, -0.2) is 26.6 Å². The Bertz CT molecular complexity index is 1250. The first kappa shape index (κ1) is 21.5. The molecule has 0 radical (unpaired) electrons. The minimum Gasteiger partial charge on any atom is -0.346 e. The molecule has 32 heavy (non-hydrogen) atoms. The van der Waals surface area contributed by atoms with E-state index in [-0.39, 0.29) is 11.3 Å². The minimum absolute atomic E-state index is 0.0282. The third-order valence-corrected chi connectivity index (χ3v) is 6.09. The van der Waals surface area contributed by atoms with Crippen LogP contribution in [0.5, 0.6) is 0 Å². The molecule has 1 aliphatic rings. The molecule has 1 saturated carbocycles. The second-order valence-corrected chi connectivity index (χ2v) is 8.21. The summed E-state index contributed by atoms with van der Waals surface area (Å²) < 4.78 is 2.38. The van der Waals surface area contributed by atoms with E-state index in [1.165, 1.54) is 43.9 Å². The van der Waals surface area contributed by atoms with Crippen molar-refractivity contribution < 1.29 is 9.59 Å². The molecule has 3 N–H and O–H groups in total. The molecule has 1 aliphatic carbocycles. The molecule has 0 unspecified atom stereocenters. The van der Waals surface area contributed by atoms with E-state index >= 15 is 0 Å². The van der Waals surface area contributed by atoms with Crippen molar-refractivity contribution in [2.75, 3.05) is 0 Å². The van der Waals surface area contributed by atoms with Gasteiger partial charge in [-0.15, -0.1) is 0 Å². The number of amides is 2. The van der Waals surface area contributed by atoms with Gasteiger partial charge in [-0.3, -0.25) is 25.2 Å². The summed E-state index contributed by atoms with van der Waals surface area (Å²) in [6.45, 7) is 4.18. The lowest BCUT2D eigenvalue weighted by Gasteiger charge is -2.26. The Morgan fingerprint density at radius 2 is 1.81 bits per heavy atom. The number of nitrogens with one attached hydrogen (secondary N) is 3. The summed E-state index contributed by atoms with van der Waals surface area (Å²) in [6, 6.07) is 9.28. The molecule has 0 aliphatic heterocycles. The highest BCUT2D eigenvalue weighted by Crippen LogP contribution is 2.32. The zero-order valence-corrected chi connectivity index (χ0v) is 18.3. The van der Waals surface area contributed by atoms with E-state index in [0.29, 0.717) is 16.8 Å². The van der Waals surface area contributed by atoms with Crippen molar-refractivity contribution in [2.24, 2.45) is 0 Å². The van der Waals surface area contributed by atoms with Crippen LogP contribution in [0.25, 0.3) is 16.8 Å². The quantitative estimate of drug-likeness (QED) is 0.433. The van der Waals surface area contributed by atoms with Gasteiger partial charge in [0.15, 0.2) is 5.69 Å². The maximum atomic E-state index is 12.5. The van der Waals surface area contributed by atoms with Crippen LogP contribution in [-0.2, 0) is 4.79 Å². The molecule has 2 aromatic heterocycles. The van der Waals surface area contributed by atoms with Crippen molar-refractivity contribution >= 4 is 28.7 Å². The van der Waals surface area contributed by atoms with Crippen LogP contribution in [0.1, 0.15) is 65.6 Å². The van der Waals surface area contributed by atoms with Gasteiger partial charge in [0, 0.05) is 28.9 Å². The second-order valence-electron chi connectivity index (χ2n) is 8.21. The lowest BCUT2D eigenvalue weighted by Crippen LogP contribution is -2.41. The molecule has 1 aromatic carbocycles. The molecule has 166 valence electrons. The molecule has 2 amide bonds. The molecule has 0 bridgehead atoms. The fourth-order valence-electron chi connectivity index (χ4n) is 4.54. The molecule has 0 spiro atoms. The molecule has 4 rings (SSSR count). The monoisotopic (exact) mass is 433 g/mol. The van der Waals surface area contributed by atoms with Gasteiger partial charge in [-0.1, -0.05) is 37.5 Å². The van der Waals surface area contributed by atoms with Crippen molar-refractivity contribution in [1.82, 2.24) is 25.6 Å². The number of aromatic amines is 1. The van der Waals surface area contributed by atoms with E-state index in [9.17, 15) is 14.4 Å². The first-order valence-corrected chi connectivity index (χ1v) is 10.9. The predicted molar refractivity (Wildman–Crippen MR) is 123 cm³/mol. The van der Waals surface area contributed by atoms with Gasteiger partial charge >= 0.3 is 0 Å². The molecule has 0 atom stereocenters. The lowest BCUT2D eigenvalue weighted by atomic mass is 9.95. The number of benzene rings is 1. The largest absolute Gasteiger partial charge is 0.346 e. The van der Waals surface area contributed by atoms with Crippen molar-refractivity contribution in [1.29, 1.82) is 0 Å². The van der Waals surface area contributed by atoms with Crippen LogP contribution in [0, 0.1) is 13.8 Å². The summed E-state index contributed by atoms with van der Waals surface area (Å²) in [4.78, 5) is 36.6. The van der Waals surface area contributed by atoms with Crippen LogP contribution < -0.4 is 16.4 Å².